The molecule has 0 aromatic heterocycles. The predicted octanol–water partition coefficient (Wildman–Crippen LogP) is 3.09. The van der Waals surface area contributed by atoms with Gasteiger partial charge in [0.15, 0.2) is 0 Å². The van der Waals surface area contributed by atoms with Crippen molar-refractivity contribution in [3.8, 4) is 0 Å². The van der Waals surface area contributed by atoms with Crippen LogP contribution in [0.4, 0.5) is 5.69 Å². The van der Waals surface area contributed by atoms with Crippen molar-refractivity contribution >= 4 is 21.6 Å². The van der Waals surface area contributed by atoms with Crippen LogP contribution in [0.5, 0.6) is 0 Å². The van der Waals surface area contributed by atoms with Gasteiger partial charge in [-0.2, -0.15) is 0 Å². The number of carbonyl (C=O) groups excluding carboxylic acids is 1. The van der Waals surface area contributed by atoms with Crippen LogP contribution in [0.2, 0.25) is 0 Å². The maximum atomic E-state index is 13.0. The highest BCUT2D eigenvalue weighted by molar-refractivity contribution is 7.92. The van der Waals surface area contributed by atoms with E-state index in [9.17, 15) is 13.2 Å². The molecule has 0 fully saturated rings. The van der Waals surface area contributed by atoms with Gasteiger partial charge < -0.3 is 9.80 Å². The molecule has 1 amide bonds. The number of benzene rings is 2. The van der Waals surface area contributed by atoms with E-state index in [2.05, 4.69) is 21.8 Å². The van der Waals surface area contributed by atoms with E-state index in [-0.39, 0.29) is 5.91 Å². The van der Waals surface area contributed by atoms with Gasteiger partial charge in [-0.1, -0.05) is 30.3 Å². The summed E-state index contributed by atoms with van der Waals surface area (Å²) in [5, 5.41) is 0. The highest BCUT2D eigenvalue weighted by Gasteiger charge is 2.17. The molecule has 28 heavy (non-hydrogen) atoms. The molecule has 1 N–H and O–H groups in total. The van der Waals surface area contributed by atoms with Gasteiger partial charge in [0.1, 0.15) is 0 Å². The highest BCUT2D eigenvalue weighted by atomic mass is 32.2. The van der Waals surface area contributed by atoms with Gasteiger partial charge >= 0.3 is 0 Å². The number of nitrogens with zero attached hydrogens (tertiary/aromatic N) is 2. The van der Waals surface area contributed by atoms with E-state index < -0.39 is 10.0 Å². The van der Waals surface area contributed by atoms with Crippen LogP contribution in [0.3, 0.4) is 0 Å². The number of amides is 1. The van der Waals surface area contributed by atoms with Crippen LogP contribution in [-0.2, 0) is 23.1 Å². The normalized spacial score (nSPS) is 11.5. The van der Waals surface area contributed by atoms with Crippen LogP contribution in [0.25, 0.3) is 0 Å². The smallest absolute Gasteiger partial charge is 0.254 e. The zero-order chi connectivity index (χ0) is 20.9. The van der Waals surface area contributed by atoms with Crippen molar-refractivity contribution in [2.75, 3.05) is 31.6 Å². The van der Waals surface area contributed by atoms with Crippen LogP contribution < -0.4 is 4.72 Å². The van der Waals surface area contributed by atoms with Crippen molar-refractivity contribution in [2.24, 2.45) is 0 Å². The lowest BCUT2D eigenvalue weighted by molar-refractivity contribution is 0.0752. The number of sulfonamides is 1. The molecule has 6 nitrogen and oxygen atoms in total. The van der Waals surface area contributed by atoms with Gasteiger partial charge in [-0.3, -0.25) is 9.52 Å². The SMILES string of the molecule is CCN(Cc1ccc(CN(C)C)cc1)C(=O)c1ccc(C)c(NS(C)(=O)=O)c1. The summed E-state index contributed by atoms with van der Waals surface area (Å²) in [6.45, 7) is 5.66. The number of carbonyl (C=O) groups is 1. The molecule has 0 saturated heterocycles. The number of rotatable bonds is 8. The standard InChI is InChI=1S/C21H29N3O3S/c1-6-24(15-18-10-8-17(9-11-18)14-23(3)4)21(25)19-12-7-16(2)20(13-19)22-28(5,26)27/h7-13,22H,6,14-15H2,1-5H3. The largest absolute Gasteiger partial charge is 0.335 e. The molecule has 0 aliphatic carbocycles. The molecule has 7 heteroatoms. The van der Waals surface area contributed by atoms with E-state index >= 15 is 0 Å². The molecule has 0 radical (unpaired) electrons. The van der Waals surface area contributed by atoms with E-state index in [4.69, 9.17) is 0 Å². The second-order valence-corrected chi connectivity index (χ2v) is 9.03. The van der Waals surface area contributed by atoms with E-state index in [1.54, 1.807) is 30.0 Å². The van der Waals surface area contributed by atoms with Gasteiger partial charge in [0.2, 0.25) is 10.0 Å². The fourth-order valence-electron chi connectivity index (χ4n) is 2.91. The van der Waals surface area contributed by atoms with Gasteiger partial charge in [-0.05, 0) is 56.8 Å². The third-order valence-corrected chi connectivity index (χ3v) is 4.93. The zero-order valence-corrected chi connectivity index (χ0v) is 18.0. The summed E-state index contributed by atoms with van der Waals surface area (Å²) in [7, 11) is 0.648. The van der Waals surface area contributed by atoms with Gasteiger partial charge in [0.25, 0.3) is 5.91 Å². The maximum absolute atomic E-state index is 13.0. The third kappa shape index (κ3) is 6.35. The summed E-state index contributed by atoms with van der Waals surface area (Å²) in [6.07, 6.45) is 1.10. The zero-order valence-electron chi connectivity index (χ0n) is 17.2. The van der Waals surface area contributed by atoms with Crippen molar-refractivity contribution in [3.05, 3.63) is 64.7 Å². The van der Waals surface area contributed by atoms with Crippen LogP contribution in [0.1, 0.15) is 34.0 Å². The topological polar surface area (TPSA) is 69.7 Å². The second-order valence-electron chi connectivity index (χ2n) is 7.28. The molecule has 0 bridgehead atoms. The first kappa shape index (κ1) is 21.9. The Morgan fingerprint density at radius 2 is 1.57 bits per heavy atom. The van der Waals surface area contributed by atoms with Crippen molar-refractivity contribution < 1.29 is 13.2 Å². The fourth-order valence-corrected chi connectivity index (χ4v) is 3.53. The second kappa shape index (κ2) is 9.21. The summed E-state index contributed by atoms with van der Waals surface area (Å²) >= 11 is 0. The van der Waals surface area contributed by atoms with Gasteiger partial charge in [0.05, 0.1) is 11.9 Å². The molecular formula is C21H29N3O3S. The molecule has 0 unspecified atom stereocenters. The molecule has 0 spiro atoms. The third-order valence-electron chi connectivity index (χ3n) is 4.34. The molecule has 0 saturated carbocycles. The Morgan fingerprint density at radius 1 is 1.00 bits per heavy atom. The molecule has 0 aliphatic heterocycles. The molecule has 0 aliphatic rings. The number of hydrogen-bond donors (Lipinski definition) is 1. The molecular weight excluding hydrogens is 374 g/mol. The van der Waals surface area contributed by atoms with E-state index in [0.29, 0.717) is 24.3 Å². The number of aryl methyl sites for hydroxylation is 1. The van der Waals surface area contributed by atoms with Gasteiger partial charge in [-0.25, -0.2) is 8.42 Å². The minimum absolute atomic E-state index is 0.128. The molecule has 0 heterocycles. The lowest BCUT2D eigenvalue weighted by Gasteiger charge is -2.22. The molecule has 2 aromatic carbocycles. The Balaban J connectivity index is 2.18. The van der Waals surface area contributed by atoms with E-state index in [0.717, 1.165) is 23.9 Å². The average Bonchev–Trinajstić information content (AvgIpc) is 2.61. The Morgan fingerprint density at radius 3 is 2.07 bits per heavy atom. The Bertz CT molecular complexity index is 922. The van der Waals surface area contributed by atoms with Crippen molar-refractivity contribution in [2.45, 2.75) is 26.9 Å². The van der Waals surface area contributed by atoms with Crippen LogP contribution >= 0.6 is 0 Å². The van der Waals surface area contributed by atoms with Crippen LogP contribution in [-0.4, -0.2) is 51.0 Å². The molecule has 152 valence electrons. The van der Waals surface area contributed by atoms with Crippen LogP contribution in [0.15, 0.2) is 42.5 Å². The number of anilines is 1. The van der Waals surface area contributed by atoms with E-state index in [1.807, 2.05) is 33.2 Å². The lowest BCUT2D eigenvalue weighted by atomic mass is 10.1. The minimum atomic E-state index is -3.41. The fraction of sp³-hybridized carbons (Fsp3) is 0.381. The number of nitrogens with one attached hydrogen (secondary N) is 1. The quantitative estimate of drug-likeness (QED) is 0.735. The van der Waals surface area contributed by atoms with Gasteiger partial charge in [-0.15, -0.1) is 0 Å². The Labute approximate surface area is 168 Å². The summed E-state index contributed by atoms with van der Waals surface area (Å²) in [6, 6.07) is 13.3. The van der Waals surface area contributed by atoms with Crippen molar-refractivity contribution in [1.29, 1.82) is 0 Å². The number of hydrogen-bond acceptors (Lipinski definition) is 4. The lowest BCUT2D eigenvalue weighted by Crippen LogP contribution is -2.30. The predicted molar refractivity (Wildman–Crippen MR) is 114 cm³/mol. The first-order valence-electron chi connectivity index (χ1n) is 9.19. The first-order valence-corrected chi connectivity index (χ1v) is 11.1. The minimum Gasteiger partial charge on any atom is -0.335 e. The first-order chi connectivity index (χ1) is 13.1. The van der Waals surface area contributed by atoms with Crippen molar-refractivity contribution in [1.82, 2.24) is 9.80 Å². The average molecular weight is 404 g/mol. The molecule has 2 rings (SSSR count). The Kier molecular flexibility index (Phi) is 7.21. The summed E-state index contributed by atoms with van der Waals surface area (Å²) < 4.78 is 25.6. The van der Waals surface area contributed by atoms with E-state index in [1.165, 1.54) is 5.56 Å². The summed E-state index contributed by atoms with van der Waals surface area (Å²) in [5.41, 5.74) is 3.93. The van der Waals surface area contributed by atoms with Crippen molar-refractivity contribution in [3.63, 3.8) is 0 Å². The van der Waals surface area contributed by atoms with Gasteiger partial charge in [0, 0.05) is 25.2 Å². The molecule has 0 atom stereocenters. The van der Waals surface area contributed by atoms with Crippen LogP contribution in [0, 0.1) is 6.92 Å². The maximum Gasteiger partial charge on any atom is 0.254 e. The Hall–Kier alpha value is -2.38. The summed E-state index contributed by atoms with van der Waals surface area (Å²) in [4.78, 5) is 16.8. The molecule has 2 aromatic rings. The monoisotopic (exact) mass is 403 g/mol. The summed E-state index contributed by atoms with van der Waals surface area (Å²) in [5.74, 6) is -0.128. The highest BCUT2D eigenvalue weighted by Crippen LogP contribution is 2.20.